The van der Waals surface area contributed by atoms with Crippen LogP contribution in [0, 0.1) is 0 Å². The maximum atomic E-state index is 5.27. The highest BCUT2D eigenvalue weighted by molar-refractivity contribution is 6.08. The summed E-state index contributed by atoms with van der Waals surface area (Å²) in [6.07, 6.45) is 0. The largest absolute Gasteiger partial charge is 0.272 e. The smallest absolute Gasteiger partial charge is 0.183 e. The molecule has 6 aromatic carbocycles. The molecule has 0 spiro atoms. The number of fused-ring (bicyclic) bond motifs is 6. The second-order valence-electron chi connectivity index (χ2n) is 10.4. The summed E-state index contributed by atoms with van der Waals surface area (Å²) in [6.45, 7) is 0. The van der Waals surface area contributed by atoms with Gasteiger partial charge in [0.1, 0.15) is 0 Å². The molecule has 0 atom stereocenters. The molecule has 0 unspecified atom stereocenters. The maximum absolute atomic E-state index is 5.27. The Labute approximate surface area is 241 Å². The van der Waals surface area contributed by atoms with Crippen LogP contribution in [0.3, 0.4) is 0 Å². The molecule has 0 aliphatic carbocycles. The zero-order chi connectivity index (χ0) is 27.6. The lowest BCUT2D eigenvalue weighted by Crippen LogP contribution is -2.28. The van der Waals surface area contributed by atoms with Gasteiger partial charge in [0.05, 0.1) is 33.4 Å². The van der Waals surface area contributed by atoms with E-state index in [1.807, 2.05) is 48.5 Å². The van der Waals surface area contributed by atoms with Crippen LogP contribution in [0.15, 0.2) is 133 Å². The topological polar surface area (TPSA) is 58.0 Å². The Balaban J connectivity index is 1.45. The molecule has 42 heavy (non-hydrogen) atoms. The van der Waals surface area contributed by atoms with Crippen LogP contribution in [0.4, 0.5) is 34.6 Å². The number of rotatable bonds is 2. The van der Waals surface area contributed by atoms with Gasteiger partial charge in [0, 0.05) is 10.8 Å². The number of nitrogens with zero attached hydrogens (tertiary/aromatic N) is 6. The van der Waals surface area contributed by atoms with Gasteiger partial charge in [0.15, 0.2) is 23.3 Å². The Bertz CT molecular complexity index is 2090. The molecular weight excluding hydrogens is 516 g/mol. The third-order valence-corrected chi connectivity index (χ3v) is 7.93. The zero-order valence-corrected chi connectivity index (χ0v) is 22.4. The quantitative estimate of drug-likeness (QED) is 0.219. The Morgan fingerprint density at radius 1 is 0.310 bits per heavy atom. The van der Waals surface area contributed by atoms with Crippen LogP contribution in [0.2, 0.25) is 0 Å². The van der Waals surface area contributed by atoms with Crippen molar-refractivity contribution in [3.63, 3.8) is 0 Å². The van der Waals surface area contributed by atoms with Crippen molar-refractivity contribution in [3.8, 4) is 0 Å². The highest BCUT2D eigenvalue weighted by Gasteiger charge is 2.37. The van der Waals surface area contributed by atoms with E-state index >= 15 is 0 Å². The van der Waals surface area contributed by atoms with Gasteiger partial charge in [-0.05, 0) is 47.2 Å². The van der Waals surface area contributed by atoms with E-state index in [1.54, 1.807) is 0 Å². The monoisotopic (exact) mass is 538 g/mol. The summed E-state index contributed by atoms with van der Waals surface area (Å²) in [5, 5.41) is 4.47. The van der Waals surface area contributed by atoms with E-state index in [4.69, 9.17) is 19.9 Å². The van der Waals surface area contributed by atoms with Crippen molar-refractivity contribution >= 4 is 78.3 Å². The Morgan fingerprint density at radius 3 is 1.00 bits per heavy atom. The van der Waals surface area contributed by atoms with Crippen molar-refractivity contribution in [2.45, 2.75) is 0 Å². The minimum atomic E-state index is 0.704. The van der Waals surface area contributed by atoms with Gasteiger partial charge in [-0.15, -0.1) is 0 Å². The fourth-order valence-electron chi connectivity index (χ4n) is 6.03. The molecule has 0 amide bonds. The number of hydrogen-bond acceptors (Lipinski definition) is 6. The van der Waals surface area contributed by atoms with E-state index in [0.717, 1.165) is 55.0 Å². The number of para-hydroxylation sites is 4. The summed E-state index contributed by atoms with van der Waals surface area (Å²) in [5.41, 5.74) is 5.21. The molecule has 9 rings (SSSR count). The number of aromatic nitrogens is 4. The van der Waals surface area contributed by atoms with Gasteiger partial charge in [-0.3, -0.25) is 9.80 Å². The third-order valence-electron chi connectivity index (χ3n) is 7.93. The summed E-state index contributed by atoms with van der Waals surface area (Å²) in [5.74, 6) is 2.82. The van der Waals surface area contributed by atoms with Gasteiger partial charge in [-0.1, -0.05) is 97.1 Å². The van der Waals surface area contributed by atoms with Crippen LogP contribution in [-0.2, 0) is 0 Å². The lowest BCUT2D eigenvalue weighted by molar-refractivity contribution is 1.03. The van der Waals surface area contributed by atoms with Crippen LogP contribution < -0.4 is 9.80 Å². The molecule has 6 heteroatoms. The van der Waals surface area contributed by atoms with Crippen molar-refractivity contribution < 1.29 is 0 Å². The van der Waals surface area contributed by atoms with Crippen LogP contribution in [0.25, 0.3) is 43.6 Å². The van der Waals surface area contributed by atoms with Crippen molar-refractivity contribution in [3.05, 3.63) is 133 Å². The first-order valence-electron chi connectivity index (χ1n) is 13.9. The van der Waals surface area contributed by atoms with E-state index in [9.17, 15) is 0 Å². The lowest BCUT2D eigenvalue weighted by Gasteiger charge is -2.37. The SMILES string of the molecule is c1ccc2c(N3c4nc5ccccc5nc4N(c4cccc5ccccc45)c4nc5ccccc5nc43)cccc2c1. The summed E-state index contributed by atoms with van der Waals surface area (Å²) in [4.78, 5) is 25.3. The highest BCUT2D eigenvalue weighted by Crippen LogP contribution is 2.53. The second kappa shape index (κ2) is 8.81. The maximum Gasteiger partial charge on any atom is 0.183 e. The molecule has 1 aliphatic heterocycles. The molecule has 0 saturated heterocycles. The Kier molecular flexibility index (Phi) is 4.80. The minimum absolute atomic E-state index is 0.704. The molecule has 0 saturated carbocycles. The molecule has 0 bridgehead atoms. The average molecular weight is 539 g/mol. The molecule has 8 aromatic rings. The first-order chi connectivity index (χ1) is 20.8. The van der Waals surface area contributed by atoms with Crippen LogP contribution >= 0.6 is 0 Å². The summed E-state index contributed by atoms with van der Waals surface area (Å²) in [7, 11) is 0. The first kappa shape index (κ1) is 22.9. The summed E-state index contributed by atoms with van der Waals surface area (Å²) < 4.78 is 0. The van der Waals surface area contributed by atoms with Crippen molar-refractivity contribution in [1.29, 1.82) is 0 Å². The average Bonchev–Trinajstić information content (AvgIpc) is 3.05. The molecule has 2 aromatic heterocycles. The van der Waals surface area contributed by atoms with Gasteiger partial charge < -0.3 is 0 Å². The third kappa shape index (κ3) is 3.32. The molecule has 6 nitrogen and oxygen atoms in total. The molecule has 3 heterocycles. The van der Waals surface area contributed by atoms with Gasteiger partial charge in [0.25, 0.3) is 0 Å². The first-order valence-corrected chi connectivity index (χ1v) is 13.9. The van der Waals surface area contributed by atoms with E-state index in [-0.39, 0.29) is 0 Å². The molecule has 196 valence electrons. The number of anilines is 6. The summed E-state index contributed by atoms with van der Waals surface area (Å²) >= 11 is 0. The summed E-state index contributed by atoms with van der Waals surface area (Å²) in [6, 6.07) is 45.5. The normalized spacial score (nSPS) is 12.7. The van der Waals surface area contributed by atoms with E-state index in [1.165, 1.54) is 0 Å². The van der Waals surface area contributed by atoms with Gasteiger partial charge >= 0.3 is 0 Å². The standard InChI is InChI=1S/C36H22N6/c1-3-15-25-23(11-1)13-9-21-31(25)41-33-35(39-29-19-7-5-17-27(29)37-33)42(32-22-10-14-24-12-2-4-16-26(24)32)36-34(41)38-28-18-6-8-20-30(28)40-36/h1-22H. The highest BCUT2D eigenvalue weighted by atomic mass is 15.4. The van der Waals surface area contributed by atoms with Crippen LogP contribution in [0.5, 0.6) is 0 Å². The van der Waals surface area contributed by atoms with Crippen LogP contribution in [0.1, 0.15) is 0 Å². The predicted octanol–water partition coefficient (Wildman–Crippen LogP) is 9.13. The molecule has 0 N–H and O–H groups in total. The van der Waals surface area contributed by atoms with E-state index in [0.29, 0.717) is 23.3 Å². The minimum Gasteiger partial charge on any atom is -0.272 e. The fourth-order valence-corrected chi connectivity index (χ4v) is 6.03. The molecule has 0 radical (unpaired) electrons. The van der Waals surface area contributed by atoms with E-state index in [2.05, 4.69) is 94.7 Å². The van der Waals surface area contributed by atoms with Crippen molar-refractivity contribution in [2.24, 2.45) is 0 Å². The fraction of sp³-hybridized carbons (Fsp3) is 0. The van der Waals surface area contributed by atoms with Gasteiger partial charge in [-0.25, -0.2) is 19.9 Å². The Hall–Kier alpha value is -5.88. The number of benzene rings is 6. The van der Waals surface area contributed by atoms with Gasteiger partial charge in [-0.2, -0.15) is 0 Å². The van der Waals surface area contributed by atoms with Crippen LogP contribution in [-0.4, -0.2) is 19.9 Å². The molecule has 1 aliphatic rings. The predicted molar refractivity (Wildman–Crippen MR) is 171 cm³/mol. The Morgan fingerprint density at radius 2 is 0.619 bits per heavy atom. The van der Waals surface area contributed by atoms with Gasteiger partial charge in [0.2, 0.25) is 0 Å². The van der Waals surface area contributed by atoms with Crippen molar-refractivity contribution in [2.75, 3.05) is 9.80 Å². The van der Waals surface area contributed by atoms with Crippen molar-refractivity contribution in [1.82, 2.24) is 19.9 Å². The second-order valence-corrected chi connectivity index (χ2v) is 10.4. The molecule has 0 fully saturated rings. The number of hydrogen-bond donors (Lipinski definition) is 0. The zero-order valence-electron chi connectivity index (χ0n) is 22.4. The lowest BCUT2D eigenvalue weighted by atomic mass is 10.1. The van der Waals surface area contributed by atoms with E-state index < -0.39 is 0 Å². The molecular formula is C36H22N6.